The Labute approximate surface area is 171 Å². The highest BCUT2D eigenvalue weighted by Crippen LogP contribution is 2.28. The van der Waals surface area contributed by atoms with E-state index in [1.54, 1.807) is 12.4 Å². The number of rotatable bonds is 5. The van der Waals surface area contributed by atoms with E-state index in [1.807, 2.05) is 54.6 Å². The van der Waals surface area contributed by atoms with Crippen LogP contribution >= 0.6 is 0 Å². The Morgan fingerprint density at radius 1 is 1.00 bits per heavy atom. The molecular weight excluding hydrogens is 380 g/mol. The molecule has 5 rings (SSSR count). The number of imidazole rings is 1. The first-order valence-electron chi connectivity index (χ1n) is 9.48. The number of aliphatic hydroxyl groups is 1. The highest BCUT2D eigenvalue weighted by atomic mass is 16.3. The molecule has 0 spiro atoms. The van der Waals surface area contributed by atoms with Gasteiger partial charge in [0.2, 0.25) is 5.82 Å². The van der Waals surface area contributed by atoms with E-state index >= 15 is 0 Å². The van der Waals surface area contributed by atoms with E-state index in [4.69, 9.17) is 0 Å². The molecule has 1 atom stereocenters. The standard InChI is InChI=1S/C22H18N6O2/c29-12-19(13-4-2-1-3-5-13)26-22(30)21-24-17-10-15-16(11-18(17)25-21)27-28-20(15)14-6-8-23-9-7-14/h1-11,19,27-29H,12H2,(H,26,30). The van der Waals surface area contributed by atoms with Gasteiger partial charge in [0, 0.05) is 23.3 Å². The normalized spacial score (nSPS) is 12.3. The minimum absolute atomic E-state index is 0.0708. The summed E-state index contributed by atoms with van der Waals surface area (Å²) in [6, 6.07) is 16.4. The number of carbonyl (C=O) groups excluding carboxylic acids is 1. The second kappa shape index (κ2) is 7.41. The summed E-state index contributed by atoms with van der Waals surface area (Å²) >= 11 is 0. The minimum Gasteiger partial charge on any atom is -0.394 e. The van der Waals surface area contributed by atoms with E-state index < -0.39 is 11.9 Å². The number of aromatic nitrogens is 5. The van der Waals surface area contributed by atoms with Crippen LogP contribution < -0.4 is 5.32 Å². The number of amides is 1. The lowest BCUT2D eigenvalue weighted by molar-refractivity contribution is 0.0907. The Morgan fingerprint density at radius 2 is 1.73 bits per heavy atom. The number of carbonyl (C=O) groups is 1. The average molecular weight is 398 g/mol. The van der Waals surface area contributed by atoms with Crippen LogP contribution in [0.3, 0.4) is 0 Å². The van der Waals surface area contributed by atoms with E-state index in [-0.39, 0.29) is 12.4 Å². The van der Waals surface area contributed by atoms with Gasteiger partial charge in [-0.25, -0.2) is 9.97 Å². The topological polar surface area (TPSA) is 120 Å². The van der Waals surface area contributed by atoms with Crippen molar-refractivity contribution in [2.45, 2.75) is 6.04 Å². The van der Waals surface area contributed by atoms with Crippen LogP contribution in [0, 0.1) is 0 Å². The number of aromatic amines is 2. The molecule has 0 saturated carbocycles. The molecule has 148 valence electrons. The maximum Gasteiger partial charge on any atom is 0.289 e. The summed E-state index contributed by atoms with van der Waals surface area (Å²) in [6.45, 7) is -0.218. The van der Waals surface area contributed by atoms with Crippen LogP contribution in [-0.4, -0.2) is 42.8 Å². The lowest BCUT2D eigenvalue weighted by Crippen LogP contribution is -2.31. The number of benzene rings is 2. The number of nitrogens with zero attached hydrogens (tertiary/aromatic N) is 3. The second-order valence-electron chi connectivity index (χ2n) is 6.91. The molecule has 1 amide bonds. The third kappa shape index (κ3) is 3.19. The Hall–Kier alpha value is -4.04. The first-order chi connectivity index (χ1) is 14.7. The summed E-state index contributed by atoms with van der Waals surface area (Å²) in [5, 5.41) is 19.7. The first kappa shape index (κ1) is 18.0. The number of pyridine rings is 1. The van der Waals surface area contributed by atoms with Crippen LogP contribution in [0.5, 0.6) is 0 Å². The summed E-state index contributed by atoms with van der Waals surface area (Å²) in [6.07, 6.45) is 3.46. The van der Waals surface area contributed by atoms with Crippen LogP contribution in [0.15, 0.2) is 67.0 Å². The fraction of sp³-hybridized carbons (Fsp3) is 0.0909. The van der Waals surface area contributed by atoms with E-state index in [1.165, 1.54) is 0 Å². The van der Waals surface area contributed by atoms with Gasteiger partial charge in [-0.15, -0.1) is 0 Å². The molecule has 1 unspecified atom stereocenters. The molecular formula is C22H18N6O2. The Bertz CT molecular complexity index is 1330. The quantitative estimate of drug-likeness (QED) is 0.363. The number of hydrogen-bond donors (Lipinski definition) is 4. The van der Waals surface area contributed by atoms with Gasteiger partial charge in [0.25, 0.3) is 5.91 Å². The third-order valence-electron chi connectivity index (χ3n) is 5.02. The van der Waals surface area contributed by atoms with Crippen molar-refractivity contribution in [1.82, 2.24) is 30.5 Å². The maximum absolute atomic E-state index is 12.7. The predicted molar refractivity (Wildman–Crippen MR) is 113 cm³/mol. The van der Waals surface area contributed by atoms with Gasteiger partial charge in [0.1, 0.15) is 0 Å². The van der Waals surface area contributed by atoms with Crippen molar-refractivity contribution in [3.8, 4) is 11.3 Å². The second-order valence-corrected chi connectivity index (χ2v) is 6.91. The van der Waals surface area contributed by atoms with Gasteiger partial charge in [0.15, 0.2) is 0 Å². The molecule has 0 fully saturated rings. The molecule has 0 aliphatic heterocycles. The summed E-state index contributed by atoms with van der Waals surface area (Å²) in [5.74, 6) is -0.361. The van der Waals surface area contributed by atoms with Crippen LogP contribution in [0.1, 0.15) is 22.2 Å². The molecule has 3 aromatic heterocycles. The molecule has 0 aliphatic rings. The van der Waals surface area contributed by atoms with Gasteiger partial charge in [-0.2, -0.15) is 0 Å². The summed E-state index contributed by atoms with van der Waals surface area (Å²) in [7, 11) is 0. The summed E-state index contributed by atoms with van der Waals surface area (Å²) in [4.78, 5) is 25.6. The van der Waals surface area contributed by atoms with Gasteiger partial charge >= 0.3 is 0 Å². The van der Waals surface area contributed by atoms with Crippen molar-refractivity contribution in [2.24, 2.45) is 0 Å². The van der Waals surface area contributed by atoms with Crippen LogP contribution in [0.4, 0.5) is 0 Å². The minimum atomic E-state index is -0.525. The van der Waals surface area contributed by atoms with Crippen molar-refractivity contribution in [1.29, 1.82) is 0 Å². The molecule has 4 N–H and O–H groups in total. The molecule has 8 nitrogen and oxygen atoms in total. The molecule has 30 heavy (non-hydrogen) atoms. The number of aliphatic hydroxyl groups excluding tert-OH is 1. The SMILES string of the molecule is O=C(NC(CO)c1ccccc1)c1nc2cc3[nH][nH]c(-c4ccncc4)c3cc2n1. The highest BCUT2D eigenvalue weighted by Gasteiger charge is 2.19. The molecule has 5 aromatic rings. The molecule has 0 saturated heterocycles. The van der Waals surface area contributed by atoms with Crippen LogP contribution in [0.25, 0.3) is 33.2 Å². The molecule has 8 heteroatoms. The van der Waals surface area contributed by atoms with Crippen molar-refractivity contribution in [2.75, 3.05) is 6.61 Å². The van der Waals surface area contributed by atoms with Crippen molar-refractivity contribution in [3.63, 3.8) is 0 Å². The third-order valence-corrected chi connectivity index (χ3v) is 5.02. The van der Waals surface area contributed by atoms with E-state index in [9.17, 15) is 9.90 Å². The molecule has 0 aliphatic carbocycles. The average Bonchev–Trinajstić information content (AvgIpc) is 3.40. The van der Waals surface area contributed by atoms with E-state index in [0.717, 1.165) is 27.7 Å². The van der Waals surface area contributed by atoms with Gasteiger partial charge in [-0.3, -0.25) is 14.9 Å². The largest absolute Gasteiger partial charge is 0.394 e. The fourth-order valence-corrected chi connectivity index (χ4v) is 3.51. The monoisotopic (exact) mass is 398 g/mol. The van der Waals surface area contributed by atoms with Gasteiger partial charge in [0.05, 0.1) is 34.9 Å². The van der Waals surface area contributed by atoms with Crippen LogP contribution in [-0.2, 0) is 0 Å². The molecule has 3 heterocycles. The Balaban J connectivity index is 1.48. The fourth-order valence-electron chi connectivity index (χ4n) is 3.51. The Morgan fingerprint density at radius 3 is 2.47 bits per heavy atom. The number of hydrogen-bond acceptors (Lipinski definition) is 5. The zero-order valence-corrected chi connectivity index (χ0v) is 15.8. The van der Waals surface area contributed by atoms with Gasteiger partial charge in [-0.05, 0) is 29.8 Å². The smallest absolute Gasteiger partial charge is 0.289 e. The molecule has 0 bridgehead atoms. The predicted octanol–water partition coefficient (Wildman–Crippen LogP) is 2.96. The zero-order valence-electron chi connectivity index (χ0n) is 15.8. The zero-order chi connectivity index (χ0) is 20.5. The van der Waals surface area contributed by atoms with E-state index in [0.29, 0.717) is 11.0 Å². The van der Waals surface area contributed by atoms with Gasteiger partial charge in [-0.1, -0.05) is 30.3 Å². The number of fused-ring (bicyclic) bond motifs is 2. The number of nitrogens with one attached hydrogen (secondary N) is 3. The van der Waals surface area contributed by atoms with Crippen LogP contribution in [0.2, 0.25) is 0 Å². The van der Waals surface area contributed by atoms with Crippen molar-refractivity contribution in [3.05, 3.63) is 78.4 Å². The first-order valence-corrected chi connectivity index (χ1v) is 9.48. The molecule has 2 aromatic carbocycles. The molecule has 0 radical (unpaired) electrons. The number of H-pyrrole nitrogens is 2. The van der Waals surface area contributed by atoms with E-state index in [2.05, 4.69) is 30.5 Å². The summed E-state index contributed by atoms with van der Waals surface area (Å²) < 4.78 is 0. The lowest BCUT2D eigenvalue weighted by atomic mass is 10.1. The van der Waals surface area contributed by atoms with Crippen molar-refractivity contribution < 1.29 is 9.90 Å². The van der Waals surface area contributed by atoms with Crippen molar-refractivity contribution >= 4 is 27.8 Å². The Kier molecular flexibility index (Phi) is 4.45. The maximum atomic E-state index is 12.7. The highest BCUT2D eigenvalue weighted by molar-refractivity contribution is 6.02. The van der Waals surface area contributed by atoms with Gasteiger partial charge < -0.3 is 15.5 Å². The lowest BCUT2D eigenvalue weighted by Gasteiger charge is -2.15. The summed E-state index contributed by atoms with van der Waals surface area (Å²) in [5.41, 5.74) is 4.81.